The summed E-state index contributed by atoms with van der Waals surface area (Å²) < 4.78 is 0. The Morgan fingerprint density at radius 2 is 1.67 bits per heavy atom. The van der Waals surface area contributed by atoms with Crippen LogP contribution in [0.4, 0.5) is 11.4 Å². The number of nitrogen functional groups attached to an aromatic ring is 1. The Kier molecular flexibility index (Phi) is 3.23. The first kappa shape index (κ1) is 10.5. The second-order valence-corrected chi connectivity index (χ2v) is 4.33. The molecule has 0 radical (unpaired) electrons. The normalized spacial score (nSPS) is 26.5. The summed E-state index contributed by atoms with van der Waals surface area (Å²) in [6, 6.07) is 8.31. The van der Waals surface area contributed by atoms with Crippen molar-refractivity contribution in [1.29, 1.82) is 0 Å². The molecule has 0 aliphatic carbocycles. The van der Waals surface area contributed by atoms with E-state index in [4.69, 9.17) is 5.73 Å². The number of benzene rings is 1. The second-order valence-electron chi connectivity index (χ2n) is 4.33. The fourth-order valence-corrected chi connectivity index (χ4v) is 2.27. The molecule has 3 nitrogen and oxygen atoms in total. The molecule has 1 fully saturated rings. The number of nitrogens with one attached hydrogen (secondary N) is 2. The Labute approximate surface area is 91.5 Å². The Bertz CT molecular complexity index is 299. The number of anilines is 1. The van der Waals surface area contributed by atoms with Gasteiger partial charge in [0.15, 0.2) is 0 Å². The molecule has 1 saturated heterocycles. The van der Waals surface area contributed by atoms with Gasteiger partial charge in [0.1, 0.15) is 31.9 Å². The molecule has 0 amide bonds. The highest BCUT2D eigenvalue weighted by molar-refractivity contribution is 5.44. The van der Waals surface area contributed by atoms with Crippen molar-refractivity contribution < 1.29 is 9.80 Å². The maximum atomic E-state index is 5.69. The maximum Gasteiger partial charge on any atom is 0.132 e. The minimum Gasteiger partial charge on any atom is -0.399 e. The van der Waals surface area contributed by atoms with Crippen LogP contribution in [0.15, 0.2) is 24.3 Å². The van der Waals surface area contributed by atoms with Gasteiger partial charge in [-0.1, -0.05) is 0 Å². The number of likely N-dealkylation sites (N-methyl/N-ethyl adjacent to an activating group) is 1. The average molecular weight is 207 g/mol. The highest BCUT2D eigenvalue weighted by Gasteiger charge is 2.22. The zero-order valence-electron chi connectivity index (χ0n) is 9.42. The number of piperazine rings is 1. The minimum atomic E-state index is 0.857. The van der Waals surface area contributed by atoms with Gasteiger partial charge in [0.25, 0.3) is 0 Å². The molecule has 82 valence electrons. The van der Waals surface area contributed by atoms with E-state index in [9.17, 15) is 0 Å². The summed E-state index contributed by atoms with van der Waals surface area (Å²) in [5.41, 5.74) is 7.93. The highest BCUT2D eigenvalue weighted by atomic mass is 15.3. The van der Waals surface area contributed by atoms with Crippen LogP contribution in [0, 0.1) is 0 Å². The van der Waals surface area contributed by atoms with E-state index in [0.29, 0.717) is 0 Å². The van der Waals surface area contributed by atoms with Gasteiger partial charge in [-0.25, -0.2) is 0 Å². The van der Waals surface area contributed by atoms with Gasteiger partial charge in [-0.3, -0.25) is 4.90 Å². The SMILES string of the molecule is CC[NH+]1CC[NH+](c2ccc(N)cc2)CC1. The van der Waals surface area contributed by atoms with Crippen molar-refractivity contribution in [3.05, 3.63) is 24.3 Å². The first-order chi connectivity index (χ1) is 7.29. The third kappa shape index (κ3) is 2.49. The molecule has 1 heterocycles. The first-order valence-electron chi connectivity index (χ1n) is 5.83. The molecular weight excluding hydrogens is 186 g/mol. The Balaban J connectivity index is 1.98. The minimum absolute atomic E-state index is 0.857. The van der Waals surface area contributed by atoms with Gasteiger partial charge in [-0.15, -0.1) is 0 Å². The van der Waals surface area contributed by atoms with E-state index in [0.717, 1.165) is 5.69 Å². The highest BCUT2D eigenvalue weighted by Crippen LogP contribution is 2.05. The number of hydrogen-bond acceptors (Lipinski definition) is 1. The lowest BCUT2D eigenvalue weighted by atomic mass is 10.2. The van der Waals surface area contributed by atoms with Crippen LogP contribution < -0.4 is 15.5 Å². The van der Waals surface area contributed by atoms with Crippen molar-refractivity contribution in [2.45, 2.75) is 6.92 Å². The van der Waals surface area contributed by atoms with E-state index in [2.05, 4.69) is 19.1 Å². The number of nitrogens with two attached hydrogens (primary N) is 1. The van der Waals surface area contributed by atoms with E-state index in [1.165, 1.54) is 38.4 Å². The molecule has 4 N–H and O–H groups in total. The molecule has 1 aliphatic heterocycles. The molecule has 15 heavy (non-hydrogen) atoms. The average Bonchev–Trinajstić information content (AvgIpc) is 2.30. The van der Waals surface area contributed by atoms with E-state index in [-0.39, 0.29) is 0 Å². The molecule has 0 unspecified atom stereocenters. The van der Waals surface area contributed by atoms with Gasteiger partial charge < -0.3 is 10.6 Å². The van der Waals surface area contributed by atoms with Crippen molar-refractivity contribution in [1.82, 2.24) is 0 Å². The maximum absolute atomic E-state index is 5.69. The zero-order chi connectivity index (χ0) is 10.7. The van der Waals surface area contributed by atoms with Crippen molar-refractivity contribution in [3.63, 3.8) is 0 Å². The van der Waals surface area contributed by atoms with Gasteiger partial charge >= 0.3 is 0 Å². The van der Waals surface area contributed by atoms with Gasteiger partial charge in [0, 0.05) is 17.8 Å². The van der Waals surface area contributed by atoms with Gasteiger partial charge in [0.05, 0.1) is 6.54 Å². The number of hydrogen-bond donors (Lipinski definition) is 3. The molecule has 1 aromatic carbocycles. The first-order valence-corrected chi connectivity index (χ1v) is 5.83. The van der Waals surface area contributed by atoms with Crippen LogP contribution in [0.2, 0.25) is 0 Å². The van der Waals surface area contributed by atoms with Crippen molar-refractivity contribution in [2.24, 2.45) is 0 Å². The van der Waals surface area contributed by atoms with Gasteiger partial charge in [-0.2, -0.15) is 0 Å². The summed E-state index contributed by atoms with van der Waals surface area (Å²) in [6.07, 6.45) is 0. The summed E-state index contributed by atoms with van der Waals surface area (Å²) >= 11 is 0. The smallest absolute Gasteiger partial charge is 0.132 e. The fraction of sp³-hybridized carbons (Fsp3) is 0.500. The Morgan fingerprint density at radius 3 is 2.20 bits per heavy atom. The van der Waals surface area contributed by atoms with Crippen LogP contribution >= 0.6 is 0 Å². The van der Waals surface area contributed by atoms with Gasteiger partial charge in [0.2, 0.25) is 0 Å². The van der Waals surface area contributed by atoms with Crippen LogP contribution in [0.25, 0.3) is 0 Å². The molecule has 0 saturated carbocycles. The summed E-state index contributed by atoms with van der Waals surface area (Å²) in [6.45, 7) is 8.59. The van der Waals surface area contributed by atoms with Crippen molar-refractivity contribution in [2.75, 3.05) is 38.5 Å². The molecule has 0 aromatic heterocycles. The molecule has 1 aliphatic rings. The lowest BCUT2D eigenvalue weighted by Gasteiger charge is -2.28. The van der Waals surface area contributed by atoms with E-state index in [1.54, 1.807) is 9.80 Å². The molecule has 2 rings (SSSR count). The molecule has 0 atom stereocenters. The monoisotopic (exact) mass is 207 g/mol. The molecule has 1 aromatic rings. The second kappa shape index (κ2) is 4.64. The predicted molar refractivity (Wildman–Crippen MR) is 62.4 cm³/mol. The van der Waals surface area contributed by atoms with E-state index < -0.39 is 0 Å². The predicted octanol–water partition coefficient (Wildman–Crippen LogP) is -1.30. The number of quaternary nitrogens is 2. The summed E-state index contributed by atoms with van der Waals surface area (Å²) in [7, 11) is 0. The lowest BCUT2D eigenvalue weighted by molar-refractivity contribution is -0.985. The Morgan fingerprint density at radius 1 is 1.07 bits per heavy atom. The van der Waals surface area contributed by atoms with Crippen LogP contribution in [0.5, 0.6) is 0 Å². The standard InChI is InChI=1S/C12H19N3/c1-2-14-7-9-15(10-8-14)12-5-3-11(13)4-6-12/h3-6H,2,7-10,13H2,1H3/p+2. The molecule has 3 heteroatoms. The third-order valence-corrected chi connectivity index (χ3v) is 3.38. The number of rotatable bonds is 2. The molecule has 0 spiro atoms. The van der Waals surface area contributed by atoms with Crippen molar-refractivity contribution in [3.8, 4) is 0 Å². The lowest BCUT2D eigenvalue weighted by Crippen LogP contribution is -3.26. The quantitative estimate of drug-likeness (QED) is 0.518. The summed E-state index contributed by atoms with van der Waals surface area (Å²) in [4.78, 5) is 3.33. The van der Waals surface area contributed by atoms with E-state index >= 15 is 0 Å². The zero-order valence-corrected chi connectivity index (χ0v) is 9.42. The van der Waals surface area contributed by atoms with E-state index in [1.807, 2.05) is 12.1 Å². The van der Waals surface area contributed by atoms with Crippen LogP contribution in [0.3, 0.4) is 0 Å². The molecule has 0 bridgehead atoms. The Hall–Kier alpha value is -1.06. The van der Waals surface area contributed by atoms with Gasteiger partial charge in [-0.05, 0) is 19.1 Å². The fourth-order valence-electron chi connectivity index (χ4n) is 2.27. The molecular formula is C12H21N3+2. The topological polar surface area (TPSA) is 34.9 Å². The summed E-state index contributed by atoms with van der Waals surface area (Å²) in [5.74, 6) is 0. The van der Waals surface area contributed by atoms with Crippen LogP contribution in [-0.2, 0) is 0 Å². The van der Waals surface area contributed by atoms with Crippen molar-refractivity contribution >= 4 is 11.4 Å². The van der Waals surface area contributed by atoms with Crippen LogP contribution in [0.1, 0.15) is 6.92 Å². The summed E-state index contributed by atoms with van der Waals surface area (Å²) in [5, 5.41) is 0. The largest absolute Gasteiger partial charge is 0.399 e. The third-order valence-electron chi connectivity index (χ3n) is 3.38. The van der Waals surface area contributed by atoms with Crippen LogP contribution in [-0.4, -0.2) is 32.7 Å².